The molecule has 0 radical (unpaired) electrons. The smallest absolute Gasteiger partial charge is 0.524 e. The maximum Gasteiger partial charge on any atom is 0.524 e. The molecule has 2 unspecified atom stereocenters. The average molecular weight is 537 g/mol. The molecule has 0 spiro atoms. The first-order valence-electron chi connectivity index (χ1n) is 14.4. The van der Waals surface area contributed by atoms with Gasteiger partial charge in [-0.05, 0) is 76.2 Å². The molecule has 4 aliphatic rings. The van der Waals surface area contributed by atoms with Crippen LogP contribution in [-0.2, 0) is 0 Å². The minimum absolute atomic E-state index is 0.178. The lowest BCUT2D eigenvalue weighted by Crippen LogP contribution is -2.50. The molecule has 3 heterocycles. The SMILES string of the molecule is N#Cc1cc(-c2ccc3c(c2)-c2ccccc2N2B3Oc3ccccc32)cc(N2c3ccccc3C3C=CC=CC32)c1. The topological polar surface area (TPSA) is 39.5 Å². The number of anilines is 4. The van der Waals surface area contributed by atoms with Crippen LogP contribution in [0.3, 0.4) is 0 Å². The lowest BCUT2D eigenvalue weighted by atomic mass is 9.64. The summed E-state index contributed by atoms with van der Waals surface area (Å²) < 4.78 is 6.51. The van der Waals surface area contributed by atoms with Gasteiger partial charge < -0.3 is 14.4 Å². The normalized spacial score (nSPS) is 18.3. The van der Waals surface area contributed by atoms with Gasteiger partial charge in [-0.1, -0.05) is 85.0 Å². The number of allylic oxidation sites excluding steroid dienone is 2. The van der Waals surface area contributed by atoms with Crippen molar-refractivity contribution in [1.29, 1.82) is 5.26 Å². The molecule has 0 aromatic heterocycles. The number of para-hydroxylation sites is 4. The van der Waals surface area contributed by atoms with Crippen molar-refractivity contribution in [2.45, 2.75) is 12.0 Å². The molecule has 5 heteroatoms. The van der Waals surface area contributed by atoms with E-state index in [4.69, 9.17) is 4.65 Å². The van der Waals surface area contributed by atoms with Crippen LogP contribution in [0.1, 0.15) is 17.0 Å². The van der Waals surface area contributed by atoms with Gasteiger partial charge in [-0.2, -0.15) is 5.26 Å². The minimum atomic E-state index is -0.216. The first-order chi connectivity index (χ1) is 20.8. The summed E-state index contributed by atoms with van der Waals surface area (Å²) in [7, 11) is -0.216. The Labute approximate surface area is 245 Å². The summed E-state index contributed by atoms with van der Waals surface area (Å²) in [5, 5.41) is 10.1. The van der Waals surface area contributed by atoms with Crippen LogP contribution in [0.15, 0.2) is 133 Å². The molecule has 2 atom stereocenters. The summed E-state index contributed by atoms with van der Waals surface area (Å²) in [5.74, 6) is 1.19. The molecule has 196 valence electrons. The molecule has 0 amide bonds. The van der Waals surface area contributed by atoms with Crippen LogP contribution in [0.5, 0.6) is 5.75 Å². The molecule has 0 bridgehead atoms. The third kappa shape index (κ3) is 3.24. The van der Waals surface area contributed by atoms with Crippen LogP contribution in [0.4, 0.5) is 22.7 Å². The highest BCUT2D eigenvalue weighted by atomic mass is 16.5. The van der Waals surface area contributed by atoms with Gasteiger partial charge in [0.25, 0.3) is 0 Å². The predicted octanol–water partition coefficient (Wildman–Crippen LogP) is 7.86. The van der Waals surface area contributed by atoms with Crippen molar-refractivity contribution in [2.75, 3.05) is 9.71 Å². The Morgan fingerprint density at radius 3 is 2.38 bits per heavy atom. The first kappa shape index (κ1) is 23.3. The largest absolute Gasteiger partial charge is 0.536 e. The Morgan fingerprint density at radius 1 is 0.690 bits per heavy atom. The highest BCUT2D eigenvalue weighted by Crippen LogP contribution is 2.49. The average Bonchev–Trinajstić information content (AvgIpc) is 3.61. The number of benzene rings is 5. The Hall–Kier alpha value is -5.47. The lowest BCUT2D eigenvalue weighted by molar-refractivity contribution is 0.603. The van der Waals surface area contributed by atoms with Crippen molar-refractivity contribution in [2.24, 2.45) is 0 Å². The summed E-state index contributed by atoms with van der Waals surface area (Å²) in [6.45, 7) is 0. The van der Waals surface area contributed by atoms with Crippen molar-refractivity contribution in [3.63, 3.8) is 0 Å². The van der Waals surface area contributed by atoms with E-state index in [-0.39, 0.29) is 13.1 Å². The number of nitrogens with zero attached hydrogens (tertiary/aromatic N) is 3. The van der Waals surface area contributed by atoms with Crippen LogP contribution in [0.25, 0.3) is 22.3 Å². The fraction of sp³-hybridized carbons (Fsp3) is 0.0541. The zero-order chi connectivity index (χ0) is 27.8. The van der Waals surface area contributed by atoms with Crippen molar-refractivity contribution < 1.29 is 4.65 Å². The monoisotopic (exact) mass is 537 g/mol. The van der Waals surface area contributed by atoms with Crippen LogP contribution < -0.4 is 19.8 Å². The van der Waals surface area contributed by atoms with Gasteiger partial charge in [0.2, 0.25) is 0 Å². The molecular weight excluding hydrogens is 513 g/mol. The second-order valence-electron chi connectivity index (χ2n) is 11.2. The Bertz CT molecular complexity index is 2040. The van der Waals surface area contributed by atoms with E-state index < -0.39 is 0 Å². The summed E-state index contributed by atoms with van der Waals surface area (Å²) in [6.07, 6.45) is 8.82. The summed E-state index contributed by atoms with van der Waals surface area (Å²) in [4.78, 5) is 4.69. The van der Waals surface area contributed by atoms with Crippen LogP contribution >= 0.6 is 0 Å². The molecule has 0 N–H and O–H groups in total. The minimum Gasteiger partial charge on any atom is -0.536 e. The highest BCUT2D eigenvalue weighted by Gasteiger charge is 2.45. The van der Waals surface area contributed by atoms with E-state index in [1.165, 1.54) is 16.8 Å². The van der Waals surface area contributed by atoms with E-state index in [1.54, 1.807) is 0 Å². The summed E-state index contributed by atoms with van der Waals surface area (Å²) >= 11 is 0. The molecule has 4 nitrogen and oxygen atoms in total. The number of fused-ring (bicyclic) bond motifs is 11. The molecule has 0 fully saturated rings. The fourth-order valence-electron chi connectivity index (χ4n) is 7.18. The van der Waals surface area contributed by atoms with Gasteiger partial charge >= 0.3 is 7.05 Å². The van der Waals surface area contributed by atoms with Crippen molar-refractivity contribution in [3.8, 4) is 34.1 Å². The fourth-order valence-corrected chi connectivity index (χ4v) is 7.18. The molecule has 42 heavy (non-hydrogen) atoms. The molecule has 1 aliphatic carbocycles. The van der Waals surface area contributed by atoms with E-state index in [0.717, 1.165) is 45.0 Å². The van der Waals surface area contributed by atoms with Crippen LogP contribution in [0.2, 0.25) is 0 Å². The van der Waals surface area contributed by atoms with Crippen LogP contribution in [0, 0.1) is 11.3 Å². The molecular formula is C37H24BN3O. The van der Waals surface area contributed by atoms with Crippen molar-refractivity contribution in [3.05, 3.63) is 145 Å². The van der Waals surface area contributed by atoms with E-state index in [1.807, 2.05) is 24.3 Å². The van der Waals surface area contributed by atoms with Gasteiger partial charge in [0, 0.05) is 28.5 Å². The second kappa shape index (κ2) is 8.77. The van der Waals surface area contributed by atoms with Gasteiger partial charge in [-0.3, -0.25) is 0 Å². The van der Waals surface area contributed by atoms with E-state index in [9.17, 15) is 5.26 Å². The zero-order valence-electron chi connectivity index (χ0n) is 22.7. The third-order valence-corrected chi connectivity index (χ3v) is 8.99. The molecule has 0 saturated heterocycles. The maximum absolute atomic E-state index is 10.1. The number of hydrogen-bond donors (Lipinski definition) is 0. The van der Waals surface area contributed by atoms with Gasteiger partial charge in [-0.15, -0.1) is 0 Å². The number of rotatable bonds is 2. The second-order valence-corrected chi connectivity index (χ2v) is 11.2. The van der Waals surface area contributed by atoms with Crippen LogP contribution in [-0.4, -0.2) is 13.1 Å². The number of hydrogen-bond acceptors (Lipinski definition) is 4. The molecule has 5 aromatic carbocycles. The summed E-state index contributed by atoms with van der Waals surface area (Å²) in [6, 6.07) is 40.9. The zero-order valence-corrected chi connectivity index (χ0v) is 22.7. The van der Waals surface area contributed by atoms with Gasteiger partial charge in [-0.25, -0.2) is 0 Å². The van der Waals surface area contributed by atoms with Gasteiger partial charge in [0.15, 0.2) is 0 Å². The lowest BCUT2D eigenvalue weighted by Gasteiger charge is -2.31. The van der Waals surface area contributed by atoms with E-state index >= 15 is 0 Å². The van der Waals surface area contributed by atoms with E-state index in [2.05, 4.69) is 125 Å². The maximum atomic E-state index is 10.1. The highest BCUT2D eigenvalue weighted by molar-refractivity contribution is 6.77. The molecule has 5 aromatic rings. The quantitative estimate of drug-likeness (QED) is 0.215. The van der Waals surface area contributed by atoms with E-state index in [0.29, 0.717) is 11.5 Å². The Morgan fingerprint density at radius 2 is 1.48 bits per heavy atom. The van der Waals surface area contributed by atoms with Crippen molar-refractivity contribution in [1.82, 2.24) is 0 Å². The molecule has 3 aliphatic heterocycles. The summed E-state index contributed by atoms with van der Waals surface area (Å²) in [5.41, 5.74) is 12.0. The van der Waals surface area contributed by atoms with Gasteiger partial charge in [0.05, 0.1) is 23.4 Å². The first-order valence-corrected chi connectivity index (χ1v) is 14.4. The molecule has 0 saturated carbocycles. The predicted molar refractivity (Wildman–Crippen MR) is 170 cm³/mol. The standard InChI is InChI=1S/C37H24BN3O/c39-23-24-19-26(21-27(20-24)40-33-12-4-1-9-28(33)29-10-2-5-13-34(29)40)25-17-18-32-31(22-25)30-11-3-6-14-35(30)41-36-15-7-8-16-37(36)42-38(32)41/h1-22,28,33H. The third-order valence-electron chi connectivity index (χ3n) is 8.99. The van der Waals surface area contributed by atoms with Crippen molar-refractivity contribution >= 4 is 35.3 Å². The van der Waals surface area contributed by atoms with Gasteiger partial charge in [0.1, 0.15) is 5.75 Å². The Kier molecular flexibility index (Phi) is 4.85. The Balaban J connectivity index is 1.19. The number of nitriles is 1. The molecule has 9 rings (SSSR count).